The molecule has 0 fully saturated rings. The minimum atomic E-state index is -0.416. The Morgan fingerprint density at radius 3 is 1.89 bits per heavy atom. The van der Waals surface area contributed by atoms with Crippen molar-refractivity contribution in [2.24, 2.45) is 0 Å². The number of benzene rings is 7. The van der Waals surface area contributed by atoms with E-state index in [4.69, 9.17) is 11.0 Å². The van der Waals surface area contributed by atoms with Crippen molar-refractivity contribution in [2.45, 2.75) is 0 Å². The van der Waals surface area contributed by atoms with E-state index in [0.717, 1.165) is 32.7 Å². The van der Waals surface area contributed by atoms with Gasteiger partial charge in [0.05, 0.1) is 11.0 Å². The van der Waals surface area contributed by atoms with Crippen molar-refractivity contribution in [2.75, 3.05) is 0 Å². The first kappa shape index (κ1) is 13.8. The van der Waals surface area contributed by atoms with Crippen molar-refractivity contribution in [1.82, 2.24) is 0 Å². The van der Waals surface area contributed by atoms with Crippen LogP contribution in [-0.4, -0.2) is 0 Å². The summed E-state index contributed by atoms with van der Waals surface area (Å²) in [6.45, 7) is 0. The number of halogens is 1. The van der Waals surface area contributed by atoms with Crippen molar-refractivity contribution >= 4 is 59.0 Å². The molecule has 7 rings (SSSR count). The molecule has 0 bridgehead atoms. The largest absolute Gasteiger partial charge is 0.0630 e. The summed E-state index contributed by atoms with van der Waals surface area (Å²) < 4.78 is 69.1. The van der Waals surface area contributed by atoms with Crippen LogP contribution in [0.25, 0.3) is 65.3 Å². The van der Waals surface area contributed by atoms with E-state index in [2.05, 4.69) is 46.3 Å². The average molecular weight is 517 g/mol. The molecule has 0 aliphatic rings. The van der Waals surface area contributed by atoms with Crippen LogP contribution in [0.2, 0.25) is 0 Å². The maximum atomic E-state index is 8.91. The highest BCUT2D eigenvalue weighted by Crippen LogP contribution is 2.43. The molecule has 0 unspecified atom stereocenters. The van der Waals surface area contributed by atoms with Gasteiger partial charge < -0.3 is 0 Å². The minimum absolute atomic E-state index is 0.167. The molecule has 0 amide bonds. The standard InChI is InChI=1S/C34H21Br/c35-34-31-15-5-3-13-29(31)33(30-14-4-6-16-32(30)34)24-11-7-10-23(21-24)26-17-8-18-27-25-12-2-1-9-22(25)19-20-28(26)27/h1-21H/i3D,4D,5D,6D,13D,14D,15D,16D. The van der Waals surface area contributed by atoms with Crippen LogP contribution < -0.4 is 0 Å². The van der Waals surface area contributed by atoms with Crippen LogP contribution in [0.4, 0.5) is 0 Å². The SMILES string of the molecule is [2H]c1c([2H])c([2H])c2c(-c3cccc(-c4cccc5c4ccc4ccccc45)c3)c3c([2H])c([2H])c([2H])c([2H])c3c(Br)c2c1[2H]. The molecule has 0 atom stereocenters. The van der Waals surface area contributed by atoms with Crippen LogP contribution in [0.5, 0.6) is 0 Å². The molecule has 164 valence electrons. The molecule has 0 radical (unpaired) electrons. The van der Waals surface area contributed by atoms with E-state index in [-0.39, 0.29) is 50.2 Å². The second kappa shape index (κ2) is 8.08. The van der Waals surface area contributed by atoms with Gasteiger partial charge >= 0.3 is 0 Å². The van der Waals surface area contributed by atoms with E-state index in [9.17, 15) is 0 Å². The van der Waals surface area contributed by atoms with Gasteiger partial charge in [-0.1, -0.05) is 121 Å². The van der Waals surface area contributed by atoms with Crippen LogP contribution in [0.1, 0.15) is 11.0 Å². The number of fused-ring (bicyclic) bond motifs is 5. The molecule has 0 aromatic heterocycles. The summed E-state index contributed by atoms with van der Waals surface area (Å²) in [6, 6.07) is 23.3. The fourth-order valence-electron chi connectivity index (χ4n) is 5.00. The molecule has 0 saturated heterocycles. The van der Waals surface area contributed by atoms with Crippen LogP contribution >= 0.6 is 15.9 Å². The van der Waals surface area contributed by atoms with E-state index >= 15 is 0 Å². The van der Waals surface area contributed by atoms with Crippen LogP contribution in [0.15, 0.2) is 132 Å². The first-order chi connectivity index (χ1) is 20.6. The van der Waals surface area contributed by atoms with Gasteiger partial charge in [0, 0.05) is 4.47 Å². The zero-order chi connectivity index (χ0) is 30.3. The summed E-state index contributed by atoms with van der Waals surface area (Å²) >= 11 is 3.48. The van der Waals surface area contributed by atoms with E-state index < -0.39 is 24.2 Å². The third-order valence-corrected chi connectivity index (χ3v) is 7.36. The molecular formula is C34H21Br. The van der Waals surface area contributed by atoms with Crippen molar-refractivity contribution in [3.63, 3.8) is 0 Å². The third-order valence-electron chi connectivity index (χ3n) is 6.56. The average Bonchev–Trinajstić information content (AvgIpc) is 3.03. The molecule has 35 heavy (non-hydrogen) atoms. The highest BCUT2D eigenvalue weighted by atomic mass is 79.9. The summed E-state index contributed by atoms with van der Waals surface area (Å²) in [5.74, 6) is 0. The lowest BCUT2D eigenvalue weighted by atomic mass is 9.89. The Labute approximate surface area is 223 Å². The molecule has 7 aromatic carbocycles. The van der Waals surface area contributed by atoms with E-state index in [1.807, 2.05) is 48.5 Å². The molecular weight excluding hydrogens is 488 g/mol. The summed E-state index contributed by atoms with van der Waals surface area (Å²) in [5, 5.41) is 5.14. The lowest BCUT2D eigenvalue weighted by Crippen LogP contribution is -1.89. The van der Waals surface area contributed by atoms with Crippen LogP contribution in [0.3, 0.4) is 0 Å². The normalized spacial score (nSPS) is 14.8. The zero-order valence-corrected chi connectivity index (χ0v) is 20.0. The van der Waals surface area contributed by atoms with Gasteiger partial charge in [-0.15, -0.1) is 0 Å². The Morgan fingerprint density at radius 2 is 1.11 bits per heavy atom. The van der Waals surface area contributed by atoms with Gasteiger partial charge in [0.25, 0.3) is 0 Å². The number of hydrogen-bond acceptors (Lipinski definition) is 0. The third kappa shape index (κ3) is 3.20. The van der Waals surface area contributed by atoms with Crippen molar-refractivity contribution in [1.29, 1.82) is 0 Å². The summed E-state index contributed by atoms with van der Waals surface area (Å²) in [6.07, 6.45) is 0. The van der Waals surface area contributed by atoms with E-state index in [1.54, 1.807) is 0 Å². The smallest absolute Gasteiger partial charge is 0.0616 e. The van der Waals surface area contributed by atoms with Crippen LogP contribution in [0, 0.1) is 0 Å². The van der Waals surface area contributed by atoms with Gasteiger partial charge in [0.1, 0.15) is 0 Å². The fourth-order valence-corrected chi connectivity index (χ4v) is 5.60. The maximum absolute atomic E-state index is 8.91. The Morgan fingerprint density at radius 1 is 0.486 bits per heavy atom. The molecule has 0 nitrogen and oxygen atoms in total. The molecule has 0 N–H and O–H groups in total. The molecule has 0 aliphatic heterocycles. The maximum Gasteiger partial charge on any atom is 0.0630 e. The Balaban J connectivity index is 1.64. The predicted molar refractivity (Wildman–Crippen MR) is 155 cm³/mol. The van der Waals surface area contributed by atoms with E-state index in [0.29, 0.717) is 11.1 Å². The Kier molecular flexibility index (Phi) is 3.19. The van der Waals surface area contributed by atoms with Gasteiger partial charge in [-0.2, -0.15) is 0 Å². The molecule has 1 heteroatoms. The predicted octanol–water partition coefficient (Wildman–Crippen LogP) is 10.4. The quantitative estimate of drug-likeness (QED) is 0.158. The number of hydrogen-bond donors (Lipinski definition) is 0. The Hall–Kier alpha value is -3.94. The molecule has 0 saturated carbocycles. The topological polar surface area (TPSA) is 0 Å². The second-order valence-corrected chi connectivity index (χ2v) is 9.25. The van der Waals surface area contributed by atoms with Gasteiger partial charge in [0.2, 0.25) is 0 Å². The lowest BCUT2D eigenvalue weighted by molar-refractivity contribution is 1.64. The van der Waals surface area contributed by atoms with Gasteiger partial charge in [-0.25, -0.2) is 0 Å². The Bertz CT molecular complexity index is 2270. The monoisotopic (exact) mass is 516 g/mol. The first-order valence-electron chi connectivity index (χ1n) is 15.2. The molecule has 7 aromatic rings. The molecule has 0 heterocycles. The van der Waals surface area contributed by atoms with Crippen molar-refractivity contribution < 1.29 is 11.0 Å². The summed E-state index contributed by atoms with van der Waals surface area (Å²) in [7, 11) is 0. The zero-order valence-electron chi connectivity index (χ0n) is 26.4. The van der Waals surface area contributed by atoms with Crippen molar-refractivity contribution in [3.05, 3.63) is 132 Å². The van der Waals surface area contributed by atoms with Crippen molar-refractivity contribution in [3.8, 4) is 22.3 Å². The molecule has 0 spiro atoms. The highest BCUT2D eigenvalue weighted by molar-refractivity contribution is 9.10. The van der Waals surface area contributed by atoms with Gasteiger partial charge in [-0.3, -0.25) is 0 Å². The van der Waals surface area contributed by atoms with Crippen LogP contribution in [-0.2, 0) is 0 Å². The fraction of sp³-hybridized carbons (Fsp3) is 0. The lowest BCUT2D eigenvalue weighted by Gasteiger charge is -2.16. The van der Waals surface area contributed by atoms with Gasteiger partial charge in [0.15, 0.2) is 0 Å². The summed E-state index contributed by atoms with van der Waals surface area (Å²) in [4.78, 5) is 0. The minimum Gasteiger partial charge on any atom is -0.0616 e. The second-order valence-electron chi connectivity index (χ2n) is 8.46. The highest BCUT2D eigenvalue weighted by Gasteiger charge is 2.15. The van der Waals surface area contributed by atoms with Gasteiger partial charge in [-0.05, 0) is 87.3 Å². The molecule has 0 aliphatic carbocycles. The number of rotatable bonds is 2. The van der Waals surface area contributed by atoms with E-state index in [1.165, 1.54) is 0 Å². The first-order valence-corrected chi connectivity index (χ1v) is 12.0. The summed E-state index contributed by atoms with van der Waals surface area (Å²) in [5.41, 5.74) is 2.75.